The van der Waals surface area contributed by atoms with E-state index in [1.165, 1.54) is 0 Å². The topological polar surface area (TPSA) is 18.5 Å². The van der Waals surface area contributed by atoms with E-state index in [4.69, 9.17) is 11.6 Å². The Hall–Kier alpha value is -0.218. The summed E-state index contributed by atoms with van der Waals surface area (Å²) in [4.78, 5) is 0. The number of hydrogen-bond acceptors (Lipinski definition) is 2. The van der Waals surface area contributed by atoms with Crippen LogP contribution in [0.15, 0.2) is 18.2 Å². The Kier molecular flexibility index (Phi) is 11.2. The van der Waals surface area contributed by atoms with Gasteiger partial charge in [0.25, 0.3) is 12.7 Å². The van der Waals surface area contributed by atoms with Crippen molar-refractivity contribution in [3.8, 4) is 11.5 Å². The van der Waals surface area contributed by atoms with E-state index in [1.807, 2.05) is 0 Å². The van der Waals surface area contributed by atoms with Gasteiger partial charge in [-0.2, -0.15) is 8.78 Å². The molecule has 0 saturated heterocycles. The molecule has 1 rings (SSSR count). The largest absolute Gasteiger partial charge is 0.454 e. The third-order valence-electron chi connectivity index (χ3n) is 1.80. The smallest absolute Gasteiger partial charge is 0.304 e. The second-order valence-corrected chi connectivity index (χ2v) is 5.51. The average Bonchev–Trinajstić information content (AvgIpc) is 2.38. The minimum Gasteiger partial charge on any atom is -0.454 e. The Labute approximate surface area is 141 Å². The maximum absolute atomic E-state index is 12.7. The summed E-state index contributed by atoms with van der Waals surface area (Å²) < 4.78 is 82.1. The molecule has 11 heteroatoms. The van der Waals surface area contributed by atoms with Crippen molar-refractivity contribution >= 4 is 26.1 Å². The number of alkyl halides is 7. The van der Waals surface area contributed by atoms with E-state index in [-0.39, 0.29) is 5.30 Å². The van der Waals surface area contributed by atoms with Crippen molar-refractivity contribution in [2.45, 2.75) is 25.6 Å². The first kappa shape index (κ1) is 21.8. The third kappa shape index (κ3) is 9.04. The van der Waals surface area contributed by atoms with Crippen LogP contribution < -0.4 is 14.8 Å². The maximum atomic E-state index is 12.7. The first-order chi connectivity index (χ1) is 10.2. The van der Waals surface area contributed by atoms with Crippen LogP contribution in [0.1, 0.15) is 0 Å². The summed E-state index contributed by atoms with van der Waals surface area (Å²) in [5.41, 5.74) is 0. The predicted molar refractivity (Wildman–Crippen MR) is 69.6 cm³/mol. The zero-order chi connectivity index (χ0) is 17.3. The number of rotatable bonds is 6. The van der Waals surface area contributed by atoms with Crippen molar-refractivity contribution < 1.29 is 55.0 Å². The molecule has 0 radical (unpaired) electrons. The second kappa shape index (κ2) is 11.3. The van der Waals surface area contributed by atoms with E-state index in [0.717, 1.165) is 18.2 Å². The van der Waals surface area contributed by atoms with Crippen LogP contribution >= 0.6 is 20.8 Å². The molecular weight excluding hydrogens is 451 g/mol. The maximum Gasteiger partial charge on any atom is 0.304 e. The van der Waals surface area contributed by atoms with Crippen molar-refractivity contribution in [2.24, 2.45) is 0 Å². The Morgan fingerprint density at radius 3 is 1.50 bits per heavy atom. The summed E-state index contributed by atoms with van der Waals surface area (Å²) in [7, 11) is 2.09. The fourth-order valence-electron chi connectivity index (χ4n) is 1.09. The van der Waals surface area contributed by atoms with Gasteiger partial charge in [0.2, 0.25) is 0 Å². The normalized spacial score (nSPS) is 13.5. The molecular formula is C11H11ClF6O2PPd. The number of benzene rings is 1. The van der Waals surface area contributed by atoms with Crippen LogP contribution in [-0.2, 0) is 19.2 Å². The first-order valence-corrected chi connectivity index (χ1v) is 7.58. The molecule has 0 amide bonds. The zero-order valence-electron chi connectivity index (χ0n) is 10.6. The molecule has 0 aromatic heterocycles. The van der Waals surface area contributed by atoms with Gasteiger partial charge in [-0.3, -0.25) is 0 Å². The summed E-state index contributed by atoms with van der Waals surface area (Å²) in [6.45, 7) is 0. The van der Waals surface area contributed by atoms with Gasteiger partial charge in [0.1, 0.15) is 11.5 Å². The minimum atomic E-state index is -3.37. The monoisotopic (exact) mass is 461 g/mol. The SMILES string of the molecule is Cl[CH2][Pd].FC(F)C(F)Oc1cc(P)cc(OC(F)C(F)F)c1. The summed E-state index contributed by atoms with van der Waals surface area (Å²) in [5.74, 6) is -0.784. The summed E-state index contributed by atoms with van der Waals surface area (Å²) in [5, 5.41) is 0.260. The van der Waals surface area contributed by atoms with Crippen LogP contribution in [0.3, 0.4) is 0 Å². The molecule has 2 nitrogen and oxygen atoms in total. The molecule has 0 N–H and O–H groups in total. The van der Waals surface area contributed by atoms with Crippen LogP contribution in [0.5, 0.6) is 11.5 Å². The van der Waals surface area contributed by atoms with Crippen LogP contribution in [0.25, 0.3) is 0 Å². The van der Waals surface area contributed by atoms with Crippen LogP contribution in [-0.4, -0.2) is 29.9 Å². The molecule has 22 heavy (non-hydrogen) atoms. The number of hydrogen-bond donors (Lipinski definition) is 0. The van der Waals surface area contributed by atoms with E-state index in [9.17, 15) is 26.3 Å². The minimum absolute atomic E-state index is 0.260. The van der Waals surface area contributed by atoms with Gasteiger partial charge >= 0.3 is 48.0 Å². The van der Waals surface area contributed by atoms with Gasteiger partial charge in [-0.25, -0.2) is 17.6 Å². The standard InChI is InChI=1S/C10H9F6O2P.CH2Cl.Pd/c11-7(12)9(15)17-4-1-5(3-6(19)2-4)18-10(16)8(13)14;1-2;/h1-3,7-10H,19H2;1H2;. The van der Waals surface area contributed by atoms with E-state index in [1.54, 1.807) is 0 Å². The Morgan fingerprint density at radius 2 is 1.23 bits per heavy atom. The van der Waals surface area contributed by atoms with E-state index in [0.29, 0.717) is 4.35 Å². The molecule has 0 spiro atoms. The molecule has 0 aliphatic rings. The van der Waals surface area contributed by atoms with Gasteiger partial charge in [0.15, 0.2) is 0 Å². The number of halogens is 7. The van der Waals surface area contributed by atoms with Gasteiger partial charge in [0, 0.05) is 6.07 Å². The van der Waals surface area contributed by atoms with Crippen molar-refractivity contribution in [3.05, 3.63) is 18.2 Å². The molecule has 0 saturated carbocycles. The fraction of sp³-hybridized carbons (Fsp3) is 0.455. The Morgan fingerprint density at radius 1 is 0.909 bits per heavy atom. The van der Waals surface area contributed by atoms with E-state index in [2.05, 4.69) is 37.9 Å². The quantitative estimate of drug-likeness (QED) is 0.278. The van der Waals surface area contributed by atoms with Gasteiger partial charge in [-0.05, 0) is 17.4 Å². The number of ether oxygens (including phenoxy) is 2. The molecule has 3 unspecified atom stereocenters. The molecule has 131 valence electrons. The molecule has 3 atom stereocenters. The van der Waals surface area contributed by atoms with Crippen molar-refractivity contribution in [1.82, 2.24) is 0 Å². The van der Waals surface area contributed by atoms with Crippen LogP contribution in [0.2, 0.25) is 0 Å². The van der Waals surface area contributed by atoms with Crippen molar-refractivity contribution in [1.29, 1.82) is 0 Å². The first-order valence-electron chi connectivity index (χ1n) is 5.37. The molecule has 0 fully saturated rings. The van der Waals surface area contributed by atoms with Crippen LogP contribution in [0, 0.1) is 0 Å². The molecule has 0 bridgehead atoms. The summed E-state index contributed by atoms with van der Waals surface area (Å²) >= 11 is 7.64. The average molecular weight is 462 g/mol. The van der Waals surface area contributed by atoms with Crippen LogP contribution in [0.4, 0.5) is 26.3 Å². The molecule has 0 heterocycles. The zero-order valence-corrected chi connectivity index (χ0v) is 14.1. The van der Waals surface area contributed by atoms with Gasteiger partial charge in [-0.1, -0.05) is 0 Å². The van der Waals surface area contributed by atoms with Crippen molar-refractivity contribution in [2.75, 3.05) is 4.35 Å². The van der Waals surface area contributed by atoms with Gasteiger partial charge < -0.3 is 9.47 Å². The van der Waals surface area contributed by atoms with Crippen molar-refractivity contribution in [3.63, 3.8) is 0 Å². The molecule has 1 aromatic carbocycles. The van der Waals surface area contributed by atoms with E-state index < -0.39 is 37.1 Å². The van der Waals surface area contributed by atoms with Gasteiger partial charge in [-0.15, -0.1) is 9.24 Å². The molecule has 0 aliphatic heterocycles. The summed E-state index contributed by atoms with van der Waals surface area (Å²) in [6.07, 6.45) is -12.5. The predicted octanol–water partition coefficient (Wildman–Crippen LogP) is 3.80. The Bertz CT molecular complexity index is 409. The van der Waals surface area contributed by atoms with E-state index >= 15 is 0 Å². The fourth-order valence-corrected chi connectivity index (χ4v) is 1.42. The van der Waals surface area contributed by atoms with Gasteiger partial charge in [0.05, 0.1) is 0 Å². The molecule has 0 aliphatic carbocycles. The Balaban J connectivity index is 0.00000135. The third-order valence-corrected chi connectivity index (χ3v) is 2.13. The summed E-state index contributed by atoms with van der Waals surface area (Å²) in [6, 6.07) is 3.11. The molecule has 1 aromatic rings. The second-order valence-electron chi connectivity index (χ2n) is 3.43.